The van der Waals surface area contributed by atoms with Gasteiger partial charge in [0.15, 0.2) is 0 Å². The molecule has 2 rings (SSSR count). The number of carbonyl (C=O) groups is 1. The van der Waals surface area contributed by atoms with Gasteiger partial charge in [0.05, 0.1) is 5.41 Å². The van der Waals surface area contributed by atoms with E-state index in [1.165, 1.54) is 0 Å². The van der Waals surface area contributed by atoms with Gasteiger partial charge in [-0.3, -0.25) is 0 Å². The van der Waals surface area contributed by atoms with Crippen molar-refractivity contribution in [2.45, 2.75) is 38.5 Å². The monoisotopic (exact) mass is 361 g/mol. The predicted octanol–water partition coefficient (Wildman–Crippen LogP) is 5.42. The van der Waals surface area contributed by atoms with Crippen molar-refractivity contribution in [3.05, 3.63) is 83.9 Å². The van der Waals surface area contributed by atoms with Crippen molar-refractivity contribution in [1.29, 1.82) is 5.26 Å². The molecule has 2 aromatic rings. The van der Waals surface area contributed by atoms with Crippen molar-refractivity contribution in [2.75, 3.05) is 6.61 Å². The lowest BCUT2D eigenvalue weighted by atomic mass is 9.71. The van der Waals surface area contributed by atoms with E-state index in [0.29, 0.717) is 5.92 Å². The Morgan fingerprint density at radius 1 is 1.07 bits per heavy atom. The van der Waals surface area contributed by atoms with Crippen molar-refractivity contribution in [3.8, 4) is 6.07 Å². The van der Waals surface area contributed by atoms with Crippen LogP contribution in [0.15, 0.2) is 72.8 Å². The van der Waals surface area contributed by atoms with E-state index in [1.54, 1.807) is 6.07 Å². The predicted molar refractivity (Wildman–Crippen MR) is 108 cm³/mol. The molecule has 0 aliphatic rings. The molecular weight excluding hydrogens is 334 g/mol. The molecule has 27 heavy (non-hydrogen) atoms. The Bertz CT molecular complexity index is 749. The fourth-order valence-electron chi connectivity index (χ4n) is 3.34. The largest absolute Gasteiger partial charge is 0.460 e. The third-order valence-electron chi connectivity index (χ3n) is 4.87. The van der Waals surface area contributed by atoms with E-state index in [4.69, 9.17) is 10.00 Å². The molecule has 0 amide bonds. The summed E-state index contributed by atoms with van der Waals surface area (Å²) in [7, 11) is 0. The van der Waals surface area contributed by atoms with Gasteiger partial charge in [-0.1, -0.05) is 93.9 Å². The van der Waals surface area contributed by atoms with E-state index in [1.807, 2.05) is 36.4 Å². The van der Waals surface area contributed by atoms with E-state index < -0.39 is 11.4 Å². The van der Waals surface area contributed by atoms with Crippen molar-refractivity contribution in [2.24, 2.45) is 5.92 Å². The molecule has 0 heterocycles. The molecule has 0 saturated carbocycles. The SMILES string of the molecule is C=C(C#N)C(=O)OCC(CCCC(C)C)(c1ccccc1)c1ccccc1. The van der Waals surface area contributed by atoms with Gasteiger partial charge in [-0.25, -0.2) is 4.79 Å². The molecule has 0 bridgehead atoms. The molecule has 0 N–H and O–H groups in total. The standard InChI is InChI=1S/C24H27NO2/c1-19(2)11-10-16-24(21-12-6-4-7-13-21,22-14-8-5-9-15-22)18-27-23(26)20(3)17-25/h4-9,12-15,19H,3,10-11,16,18H2,1-2H3. The van der Waals surface area contributed by atoms with Gasteiger partial charge in [0.2, 0.25) is 0 Å². The Morgan fingerprint density at radius 3 is 2.04 bits per heavy atom. The van der Waals surface area contributed by atoms with Gasteiger partial charge in [-0.05, 0) is 23.5 Å². The van der Waals surface area contributed by atoms with Crippen LogP contribution in [-0.2, 0) is 14.9 Å². The third kappa shape index (κ3) is 5.31. The van der Waals surface area contributed by atoms with Gasteiger partial charge in [0.1, 0.15) is 18.2 Å². The minimum absolute atomic E-state index is 0.174. The number of nitriles is 1. The van der Waals surface area contributed by atoms with Crippen LogP contribution in [-0.4, -0.2) is 12.6 Å². The highest BCUT2D eigenvalue weighted by atomic mass is 16.5. The lowest BCUT2D eigenvalue weighted by Gasteiger charge is -2.35. The highest BCUT2D eigenvalue weighted by Gasteiger charge is 2.35. The number of nitrogens with zero attached hydrogens (tertiary/aromatic N) is 1. The minimum Gasteiger partial charge on any atom is -0.460 e. The number of rotatable bonds is 9. The van der Waals surface area contributed by atoms with Gasteiger partial charge in [0.25, 0.3) is 0 Å². The van der Waals surface area contributed by atoms with Gasteiger partial charge in [-0.15, -0.1) is 0 Å². The normalized spacial score (nSPS) is 11.0. The summed E-state index contributed by atoms with van der Waals surface area (Å²) in [5.74, 6) is -0.0484. The number of hydrogen-bond donors (Lipinski definition) is 0. The second-order valence-corrected chi connectivity index (χ2v) is 7.27. The zero-order valence-corrected chi connectivity index (χ0v) is 16.2. The number of benzene rings is 2. The van der Waals surface area contributed by atoms with Crippen LogP contribution in [0, 0.1) is 17.2 Å². The molecule has 0 unspecified atom stereocenters. The van der Waals surface area contributed by atoms with Crippen LogP contribution in [0.4, 0.5) is 0 Å². The van der Waals surface area contributed by atoms with Crippen LogP contribution in [0.1, 0.15) is 44.2 Å². The molecule has 0 spiro atoms. The number of carbonyl (C=O) groups excluding carboxylic acids is 1. The van der Waals surface area contributed by atoms with Crippen LogP contribution >= 0.6 is 0 Å². The highest BCUT2D eigenvalue weighted by Crippen LogP contribution is 2.38. The van der Waals surface area contributed by atoms with E-state index in [2.05, 4.69) is 44.7 Å². The van der Waals surface area contributed by atoms with Gasteiger partial charge < -0.3 is 4.74 Å². The Kier molecular flexibility index (Phi) is 7.37. The van der Waals surface area contributed by atoms with Crippen LogP contribution in [0.2, 0.25) is 0 Å². The van der Waals surface area contributed by atoms with Gasteiger partial charge in [-0.2, -0.15) is 5.26 Å². The van der Waals surface area contributed by atoms with Crippen molar-refractivity contribution < 1.29 is 9.53 Å². The second-order valence-electron chi connectivity index (χ2n) is 7.27. The van der Waals surface area contributed by atoms with Crippen molar-refractivity contribution in [3.63, 3.8) is 0 Å². The lowest BCUT2D eigenvalue weighted by Crippen LogP contribution is -2.35. The maximum atomic E-state index is 12.1. The summed E-state index contributed by atoms with van der Waals surface area (Å²) < 4.78 is 5.57. The van der Waals surface area contributed by atoms with Crippen LogP contribution < -0.4 is 0 Å². The summed E-state index contributed by atoms with van der Waals surface area (Å²) >= 11 is 0. The molecule has 0 radical (unpaired) electrons. The van der Waals surface area contributed by atoms with E-state index >= 15 is 0 Å². The molecule has 0 saturated heterocycles. The third-order valence-corrected chi connectivity index (χ3v) is 4.87. The summed E-state index contributed by atoms with van der Waals surface area (Å²) in [4.78, 5) is 12.1. The second kappa shape index (κ2) is 9.73. The molecule has 0 aromatic heterocycles. The molecular formula is C24H27NO2. The Hall–Kier alpha value is -2.86. The topological polar surface area (TPSA) is 50.1 Å². The molecule has 3 heteroatoms. The van der Waals surface area contributed by atoms with E-state index in [0.717, 1.165) is 30.4 Å². The first kappa shape index (κ1) is 20.5. The summed E-state index contributed by atoms with van der Waals surface area (Å²) in [5, 5.41) is 8.92. The van der Waals surface area contributed by atoms with Gasteiger partial charge >= 0.3 is 5.97 Å². The Morgan fingerprint density at radius 2 is 1.59 bits per heavy atom. The molecule has 2 aromatic carbocycles. The molecule has 0 aliphatic carbocycles. The first-order valence-corrected chi connectivity index (χ1v) is 9.37. The van der Waals surface area contributed by atoms with Crippen molar-refractivity contribution >= 4 is 5.97 Å². The fourth-order valence-corrected chi connectivity index (χ4v) is 3.34. The summed E-state index contributed by atoms with van der Waals surface area (Å²) in [5.41, 5.74) is 1.58. The highest BCUT2D eigenvalue weighted by molar-refractivity contribution is 5.91. The number of ether oxygens (including phenoxy) is 1. The zero-order chi connectivity index (χ0) is 19.7. The lowest BCUT2D eigenvalue weighted by molar-refractivity contribution is -0.140. The fraction of sp³-hybridized carbons (Fsp3) is 0.333. The average molecular weight is 361 g/mol. The zero-order valence-electron chi connectivity index (χ0n) is 16.2. The van der Waals surface area contributed by atoms with Crippen LogP contribution in [0.3, 0.4) is 0 Å². The minimum atomic E-state index is -0.655. The van der Waals surface area contributed by atoms with E-state index in [-0.39, 0.29) is 12.2 Å². The van der Waals surface area contributed by atoms with Crippen LogP contribution in [0.25, 0.3) is 0 Å². The molecule has 0 atom stereocenters. The quantitative estimate of drug-likeness (QED) is 0.340. The Balaban J connectivity index is 2.43. The van der Waals surface area contributed by atoms with Gasteiger partial charge in [0, 0.05) is 0 Å². The first-order chi connectivity index (χ1) is 13.0. The molecule has 140 valence electrons. The molecule has 0 aliphatic heterocycles. The van der Waals surface area contributed by atoms with Crippen LogP contribution in [0.5, 0.6) is 0 Å². The Labute approximate surface area is 162 Å². The average Bonchev–Trinajstić information content (AvgIpc) is 2.70. The first-order valence-electron chi connectivity index (χ1n) is 9.37. The summed E-state index contributed by atoms with van der Waals surface area (Å²) in [6.45, 7) is 8.07. The van der Waals surface area contributed by atoms with Crippen molar-refractivity contribution in [1.82, 2.24) is 0 Å². The maximum Gasteiger partial charge on any atom is 0.348 e. The number of esters is 1. The maximum absolute atomic E-state index is 12.1. The smallest absolute Gasteiger partial charge is 0.348 e. The van der Waals surface area contributed by atoms with E-state index in [9.17, 15) is 4.79 Å². The summed E-state index contributed by atoms with van der Waals surface area (Å²) in [6, 6.07) is 22.1. The number of hydrogen-bond acceptors (Lipinski definition) is 3. The summed E-state index contributed by atoms with van der Waals surface area (Å²) in [6.07, 6.45) is 2.96. The molecule has 3 nitrogen and oxygen atoms in total. The molecule has 0 fully saturated rings.